The predicted octanol–water partition coefficient (Wildman–Crippen LogP) is 2.09. The lowest BCUT2D eigenvalue weighted by Gasteiger charge is -2.00. The molecular weight excluding hydrogens is 198 g/mol. The van der Waals surface area contributed by atoms with Crippen molar-refractivity contribution in [1.82, 2.24) is 4.98 Å². The number of aliphatic hydroxyl groups is 1. The van der Waals surface area contributed by atoms with Crippen molar-refractivity contribution in [3.05, 3.63) is 54.4 Å². The Kier molecular flexibility index (Phi) is 3.32. The van der Waals surface area contributed by atoms with E-state index < -0.39 is 0 Å². The molecule has 2 nitrogen and oxygen atoms in total. The van der Waals surface area contributed by atoms with Gasteiger partial charge < -0.3 is 5.11 Å². The number of hydrogen-bond acceptors (Lipinski definition) is 2. The molecule has 0 bridgehead atoms. The summed E-state index contributed by atoms with van der Waals surface area (Å²) in [5.41, 5.74) is 3.18. The summed E-state index contributed by atoms with van der Waals surface area (Å²) in [4.78, 5) is 3.98. The second kappa shape index (κ2) is 5.11. The number of benzene rings is 1. The molecule has 0 amide bonds. The topological polar surface area (TPSA) is 33.1 Å². The van der Waals surface area contributed by atoms with Crippen LogP contribution in [0.2, 0.25) is 0 Å². The largest absolute Gasteiger partial charge is 0.384 e. The monoisotopic (exact) mass is 209 g/mol. The van der Waals surface area contributed by atoms with Crippen LogP contribution < -0.4 is 0 Å². The first kappa shape index (κ1) is 10.4. The van der Waals surface area contributed by atoms with Gasteiger partial charge in [-0.2, -0.15) is 0 Å². The summed E-state index contributed by atoms with van der Waals surface area (Å²) < 4.78 is 0. The number of aliphatic hydroxyl groups excluding tert-OH is 1. The molecule has 2 rings (SSSR count). The molecule has 2 aromatic rings. The Morgan fingerprint density at radius 2 is 1.56 bits per heavy atom. The molecule has 1 N–H and O–H groups in total. The van der Waals surface area contributed by atoms with Crippen LogP contribution in [0.3, 0.4) is 0 Å². The third kappa shape index (κ3) is 2.47. The lowest BCUT2D eigenvalue weighted by molar-refractivity contribution is 0.350. The van der Waals surface area contributed by atoms with Crippen LogP contribution >= 0.6 is 0 Å². The molecule has 2 heteroatoms. The van der Waals surface area contributed by atoms with Gasteiger partial charge in [0.2, 0.25) is 0 Å². The van der Waals surface area contributed by atoms with E-state index in [1.807, 2.05) is 36.4 Å². The Hall–Kier alpha value is -2.11. The molecule has 0 saturated carbocycles. The molecule has 16 heavy (non-hydrogen) atoms. The summed E-state index contributed by atoms with van der Waals surface area (Å²) in [6.45, 7) is -0.105. The molecule has 78 valence electrons. The van der Waals surface area contributed by atoms with E-state index in [0.29, 0.717) is 0 Å². The van der Waals surface area contributed by atoms with Gasteiger partial charge in [-0.05, 0) is 35.4 Å². The molecule has 0 radical (unpaired) electrons. The van der Waals surface area contributed by atoms with E-state index in [9.17, 15) is 0 Å². The highest BCUT2D eigenvalue weighted by Crippen LogP contribution is 2.18. The number of pyridine rings is 1. The van der Waals surface area contributed by atoms with E-state index in [1.165, 1.54) is 0 Å². The highest BCUT2D eigenvalue weighted by atomic mass is 16.2. The number of nitrogens with zero attached hydrogens (tertiary/aromatic N) is 1. The van der Waals surface area contributed by atoms with Crippen molar-refractivity contribution < 1.29 is 5.11 Å². The van der Waals surface area contributed by atoms with Crippen LogP contribution in [-0.4, -0.2) is 16.7 Å². The van der Waals surface area contributed by atoms with E-state index in [2.05, 4.69) is 16.8 Å². The minimum Gasteiger partial charge on any atom is -0.384 e. The Bertz CT molecular complexity index is 506. The van der Waals surface area contributed by atoms with Crippen molar-refractivity contribution in [2.75, 3.05) is 6.61 Å². The lowest BCUT2D eigenvalue weighted by atomic mass is 10.1. The molecule has 1 heterocycles. The first-order chi connectivity index (χ1) is 7.90. The first-order valence-corrected chi connectivity index (χ1v) is 5.00. The fraction of sp³-hybridized carbons (Fsp3) is 0.0714. The highest BCUT2D eigenvalue weighted by molar-refractivity contribution is 5.63. The van der Waals surface area contributed by atoms with E-state index in [-0.39, 0.29) is 6.61 Å². The van der Waals surface area contributed by atoms with Crippen LogP contribution in [-0.2, 0) is 0 Å². The number of aromatic nitrogens is 1. The predicted molar refractivity (Wildman–Crippen MR) is 63.6 cm³/mol. The summed E-state index contributed by atoms with van der Waals surface area (Å²) in [7, 11) is 0. The third-order valence-electron chi connectivity index (χ3n) is 2.21. The average molecular weight is 209 g/mol. The van der Waals surface area contributed by atoms with Crippen LogP contribution in [0, 0.1) is 11.8 Å². The Morgan fingerprint density at radius 3 is 2.19 bits per heavy atom. The molecule has 0 spiro atoms. The van der Waals surface area contributed by atoms with E-state index in [0.717, 1.165) is 16.7 Å². The Balaban J connectivity index is 2.26. The summed E-state index contributed by atoms with van der Waals surface area (Å²) in [5, 5.41) is 8.58. The molecule has 0 aliphatic heterocycles. The van der Waals surface area contributed by atoms with Crippen LogP contribution in [0.1, 0.15) is 5.56 Å². The van der Waals surface area contributed by atoms with Crippen molar-refractivity contribution in [1.29, 1.82) is 0 Å². The second-order valence-corrected chi connectivity index (χ2v) is 3.27. The molecule has 0 aliphatic carbocycles. The van der Waals surface area contributed by atoms with Crippen molar-refractivity contribution >= 4 is 0 Å². The van der Waals surface area contributed by atoms with Gasteiger partial charge >= 0.3 is 0 Å². The quantitative estimate of drug-likeness (QED) is 0.729. The van der Waals surface area contributed by atoms with Crippen molar-refractivity contribution in [2.24, 2.45) is 0 Å². The zero-order valence-electron chi connectivity index (χ0n) is 8.72. The van der Waals surface area contributed by atoms with Crippen LogP contribution in [0.4, 0.5) is 0 Å². The minimum absolute atomic E-state index is 0.105. The third-order valence-corrected chi connectivity index (χ3v) is 2.21. The van der Waals surface area contributed by atoms with Crippen LogP contribution in [0.25, 0.3) is 11.1 Å². The summed E-state index contributed by atoms with van der Waals surface area (Å²) >= 11 is 0. The van der Waals surface area contributed by atoms with Crippen LogP contribution in [0.15, 0.2) is 48.8 Å². The van der Waals surface area contributed by atoms with Gasteiger partial charge in [0.05, 0.1) is 0 Å². The molecule has 0 fully saturated rings. The Labute approximate surface area is 94.6 Å². The molecule has 0 saturated heterocycles. The highest BCUT2D eigenvalue weighted by Gasteiger charge is 1.95. The molecule has 0 aliphatic rings. The maximum absolute atomic E-state index is 8.58. The van der Waals surface area contributed by atoms with Gasteiger partial charge in [0, 0.05) is 18.0 Å². The zero-order valence-corrected chi connectivity index (χ0v) is 8.72. The van der Waals surface area contributed by atoms with Crippen molar-refractivity contribution in [3.63, 3.8) is 0 Å². The zero-order chi connectivity index (χ0) is 11.2. The van der Waals surface area contributed by atoms with E-state index in [4.69, 9.17) is 5.11 Å². The van der Waals surface area contributed by atoms with Gasteiger partial charge in [-0.25, -0.2) is 0 Å². The molecule has 0 unspecified atom stereocenters. The van der Waals surface area contributed by atoms with Gasteiger partial charge in [-0.3, -0.25) is 4.98 Å². The number of hydrogen-bond donors (Lipinski definition) is 1. The van der Waals surface area contributed by atoms with Gasteiger partial charge in [0.1, 0.15) is 6.61 Å². The van der Waals surface area contributed by atoms with E-state index in [1.54, 1.807) is 12.4 Å². The fourth-order valence-electron chi connectivity index (χ4n) is 1.43. The lowest BCUT2D eigenvalue weighted by Crippen LogP contribution is -1.80. The fourth-order valence-corrected chi connectivity index (χ4v) is 1.43. The standard InChI is InChI=1S/C14H11NO/c16-11-1-2-12-3-5-13(6-4-12)14-7-9-15-10-8-14/h3-10,16H,11H2. The summed E-state index contributed by atoms with van der Waals surface area (Å²) in [6.07, 6.45) is 3.55. The van der Waals surface area contributed by atoms with Crippen molar-refractivity contribution in [2.45, 2.75) is 0 Å². The number of rotatable bonds is 1. The maximum Gasteiger partial charge on any atom is 0.104 e. The summed E-state index contributed by atoms with van der Waals surface area (Å²) in [6, 6.07) is 11.8. The van der Waals surface area contributed by atoms with Gasteiger partial charge in [-0.15, -0.1) is 0 Å². The molecule has 1 aromatic carbocycles. The van der Waals surface area contributed by atoms with Crippen LogP contribution in [0.5, 0.6) is 0 Å². The van der Waals surface area contributed by atoms with Gasteiger partial charge in [0.25, 0.3) is 0 Å². The maximum atomic E-state index is 8.58. The average Bonchev–Trinajstić information content (AvgIpc) is 2.38. The minimum atomic E-state index is -0.105. The molecular formula is C14H11NO. The normalized spacial score (nSPS) is 9.31. The molecule has 0 atom stereocenters. The smallest absolute Gasteiger partial charge is 0.104 e. The summed E-state index contributed by atoms with van der Waals surface area (Å²) in [5.74, 6) is 5.48. The first-order valence-electron chi connectivity index (χ1n) is 5.00. The SMILES string of the molecule is OCC#Cc1ccc(-c2ccncc2)cc1. The molecule has 1 aromatic heterocycles. The van der Waals surface area contributed by atoms with Gasteiger partial charge in [-0.1, -0.05) is 24.0 Å². The van der Waals surface area contributed by atoms with Crippen molar-refractivity contribution in [3.8, 4) is 23.0 Å². The second-order valence-electron chi connectivity index (χ2n) is 3.27. The van der Waals surface area contributed by atoms with Gasteiger partial charge in [0.15, 0.2) is 0 Å². The van der Waals surface area contributed by atoms with E-state index >= 15 is 0 Å². The Morgan fingerprint density at radius 1 is 0.938 bits per heavy atom.